The van der Waals surface area contributed by atoms with Gasteiger partial charge in [-0.25, -0.2) is 9.59 Å². The summed E-state index contributed by atoms with van der Waals surface area (Å²) < 4.78 is 9.93. The number of methoxy groups -OCH3 is 1. The Labute approximate surface area is 174 Å². The van der Waals surface area contributed by atoms with Crippen molar-refractivity contribution in [2.24, 2.45) is 0 Å². The summed E-state index contributed by atoms with van der Waals surface area (Å²) in [4.78, 5) is 24.6. The Bertz CT molecular complexity index is 1030. The van der Waals surface area contributed by atoms with Crippen LogP contribution in [0.2, 0.25) is 15.1 Å². The zero-order valence-electron chi connectivity index (χ0n) is 14.3. The van der Waals surface area contributed by atoms with E-state index in [9.17, 15) is 9.59 Å². The van der Waals surface area contributed by atoms with Crippen molar-refractivity contribution in [1.82, 2.24) is 5.16 Å². The molecule has 0 aliphatic carbocycles. The molecule has 3 rings (SSSR count). The van der Waals surface area contributed by atoms with E-state index >= 15 is 0 Å². The number of amides is 2. The predicted octanol–water partition coefficient (Wildman–Crippen LogP) is 5.73. The summed E-state index contributed by atoms with van der Waals surface area (Å²) in [5, 5.41) is 9.77. The van der Waals surface area contributed by atoms with Gasteiger partial charge in [0.1, 0.15) is 5.69 Å². The van der Waals surface area contributed by atoms with E-state index in [2.05, 4.69) is 15.8 Å². The Morgan fingerprint density at radius 3 is 2.36 bits per heavy atom. The molecule has 28 heavy (non-hydrogen) atoms. The molecular formula is C18H12Cl3N3O4. The number of halogens is 3. The van der Waals surface area contributed by atoms with Gasteiger partial charge in [-0.05, 0) is 30.3 Å². The lowest BCUT2D eigenvalue weighted by Crippen LogP contribution is -2.20. The zero-order valence-corrected chi connectivity index (χ0v) is 16.5. The van der Waals surface area contributed by atoms with Gasteiger partial charge in [0.15, 0.2) is 5.56 Å². The number of nitrogens with one attached hydrogen (secondary N) is 2. The molecule has 0 spiro atoms. The van der Waals surface area contributed by atoms with Crippen molar-refractivity contribution in [1.29, 1.82) is 0 Å². The highest BCUT2D eigenvalue weighted by Crippen LogP contribution is 2.38. The molecule has 10 heteroatoms. The second-order valence-electron chi connectivity index (χ2n) is 5.41. The highest BCUT2D eigenvalue weighted by molar-refractivity contribution is 6.39. The van der Waals surface area contributed by atoms with Crippen LogP contribution in [0.15, 0.2) is 47.0 Å². The highest BCUT2D eigenvalue weighted by Gasteiger charge is 2.28. The van der Waals surface area contributed by atoms with E-state index < -0.39 is 12.0 Å². The van der Waals surface area contributed by atoms with Crippen LogP contribution in [-0.2, 0) is 4.74 Å². The molecule has 0 saturated carbocycles. The van der Waals surface area contributed by atoms with Crippen molar-refractivity contribution >= 4 is 58.4 Å². The van der Waals surface area contributed by atoms with E-state index in [4.69, 9.17) is 44.1 Å². The van der Waals surface area contributed by atoms with E-state index in [0.717, 1.165) is 0 Å². The minimum Gasteiger partial charge on any atom is -0.465 e. The van der Waals surface area contributed by atoms with Gasteiger partial charge in [0.25, 0.3) is 0 Å². The zero-order chi connectivity index (χ0) is 20.3. The van der Waals surface area contributed by atoms with E-state index in [1.807, 2.05) is 0 Å². The van der Waals surface area contributed by atoms with Crippen molar-refractivity contribution in [3.8, 4) is 11.3 Å². The molecule has 1 heterocycles. The molecule has 0 saturated heterocycles. The van der Waals surface area contributed by atoms with Gasteiger partial charge in [0, 0.05) is 16.3 Å². The van der Waals surface area contributed by atoms with Crippen molar-refractivity contribution < 1.29 is 18.8 Å². The van der Waals surface area contributed by atoms with E-state index in [0.29, 0.717) is 10.7 Å². The SMILES string of the molecule is COC(=O)c1c(-c2c(Cl)cccc2Cl)noc1NC(=O)Nc1cccc(Cl)c1. The van der Waals surface area contributed by atoms with Gasteiger partial charge in [-0.2, -0.15) is 0 Å². The molecule has 0 bridgehead atoms. The van der Waals surface area contributed by atoms with Crippen LogP contribution in [0.25, 0.3) is 11.3 Å². The summed E-state index contributed by atoms with van der Waals surface area (Å²) in [6.07, 6.45) is 0. The van der Waals surface area contributed by atoms with Gasteiger partial charge in [-0.1, -0.05) is 52.1 Å². The van der Waals surface area contributed by atoms with Gasteiger partial charge in [-0.3, -0.25) is 5.32 Å². The van der Waals surface area contributed by atoms with Crippen LogP contribution in [0.3, 0.4) is 0 Å². The van der Waals surface area contributed by atoms with Crippen molar-refractivity contribution in [2.75, 3.05) is 17.7 Å². The molecule has 3 aromatic rings. The summed E-state index contributed by atoms with van der Waals surface area (Å²) in [5.74, 6) is -1.01. The van der Waals surface area contributed by atoms with Crippen LogP contribution in [-0.4, -0.2) is 24.3 Å². The first-order valence-corrected chi connectivity index (χ1v) is 8.90. The molecule has 0 aliphatic heterocycles. The van der Waals surface area contributed by atoms with Crippen LogP contribution in [0, 0.1) is 0 Å². The minimum absolute atomic E-state index is 0.0421. The number of carbonyl (C=O) groups is 2. The lowest BCUT2D eigenvalue weighted by molar-refractivity contribution is 0.0602. The van der Waals surface area contributed by atoms with Crippen molar-refractivity contribution in [3.63, 3.8) is 0 Å². The van der Waals surface area contributed by atoms with Gasteiger partial charge in [0.2, 0.25) is 5.88 Å². The number of benzene rings is 2. The van der Waals surface area contributed by atoms with E-state index in [1.54, 1.807) is 42.5 Å². The number of esters is 1. The van der Waals surface area contributed by atoms with Crippen LogP contribution < -0.4 is 10.6 Å². The molecule has 2 N–H and O–H groups in total. The summed E-state index contributed by atoms with van der Waals surface area (Å²) in [5.41, 5.74) is 0.635. The smallest absolute Gasteiger partial charge is 0.345 e. The lowest BCUT2D eigenvalue weighted by Gasteiger charge is -2.08. The third-order valence-corrected chi connectivity index (χ3v) is 4.46. The van der Waals surface area contributed by atoms with Crippen LogP contribution in [0.4, 0.5) is 16.4 Å². The molecule has 0 aliphatic rings. The fourth-order valence-electron chi connectivity index (χ4n) is 2.39. The van der Waals surface area contributed by atoms with Gasteiger partial charge in [0.05, 0.1) is 17.2 Å². The third-order valence-electron chi connectivity index (χ3n) is 3.59. The molecule has 144 valence electrons. The second-order valence-corrected chi connectivity index (χ2v) is 6.66. The first kappa shape index (κ1) is 20.0. The lowest BCUT2D eigenvalue weighted by atomic mass is 10.1. The first-order chi connectivity index (χ1) is 13.4. The number of rotatable bonds is 4. The Hall–Kier alpha value is -2.74. The van der Waals surface area contributed by atoms with Crippen molar-refractivity contribution in [3.05, 3.63) is 63.1 Å². The topological polar surface area (TPSA) is 93.5 Å². The molecule has 0 radical (unpaired) electrons. The Morgan fingerprint density at radius 2 is 1.71 bits per heavy atom. The Kier molecular flexibility index (Phi) is 6.08. The number of nitrogens with zero attached hydrogens (tertiary/aromatic N) is 1. The summed E-state index contributed by atoms with van der Waals surface area (Å²) in [7, 11) is 1.18. The standard InChI is InChI=1S/C18H12Cl3N3O4/c1-27-17(25)14-15(13-11(20)6-3-7-12(13)21)24-28-16(14)23-18(26)22-10-5-2-4-9(19)8-10/h2-8H,1H3,(H2,22,23,26). The number of anilines is 2. The average molecular weight is 441 g/mol. The van der Waals surface area contributed by atoms with E-state index in [-0.39, 0.29) is 32.8 Å². The number of carbonyl (C=O) groups excluding carboxylic acids is 2. The third kappa shape index (κ3) is 4.22. The molecule has 0 fully saturated rings. The molecule has 7 nitrogen and oxygen atoms in total. The highest BCUT2D eigenvalue weighted by atomic mass is 35.5. The Morgan fingerprint density at radius 1 is 1.04 bits per heavy atom. The fourth-order valence-corrected chi connectivity index (χ4v) is 3.16. The first-order valence-electron chi connectivity index (χ1n) is 7.76. The quantitative estimate of drug-likeness (QED) is 0.505. The van der Waals surface area contributed by atoms with E-state index in [1.165, 1.54) is 7.11 Å². The maximum absolute atomic E-state index is 12.3. The average Bonchev–Trinajstić information content (AvgIpc) is 3.04. The molecular weight excluding hydrogens is 429 g/mol. The maximum Gasteiger partial charge on any atom is 0.345 e. The summed E-state index contributed by atoms with van der Waals surface area (Å²) >= 11 is 18.3. The van der Waals surface area contributed by atoms with Crippen molar-refractivity contribution in [2.45, 2.75) is 0 Å². The molecule has 0 atom stereocenters. The number of urea groups is 1. The predicted molar refractivity (Wildman–Crippen MR) is 107 cm³/mol. The van der Waals surface area contributed by atoms with Crippen LogP contribution >= 0.6 is 34.8 Å². The monoisotopic (exact) mass is 439 g/mol. The molecule has 2 amide bonds. The van der Waals surface area contributed by atoms with Gasteiger partial charge >= 0.3 is 12.0 Å². The van der Waals surface area contributed by atoms with Gasteiger partial charge in [-0.15, -0.1) is 0 Å². The molecule has 1 aromatic heterocycles. The molecule has 2 aromatic carbocycles. The number of ether oxygens (including phenoxy) is 1. The van der Waals surface area contributed by atoms with Crippen LogP contribution in [0.5, 0.6) is 0 Å². The normalized spacial score (nSPS) is 10.4. The second kappa shape index (κ2) is 8.52. The number of hydrogen-bond donors (Lipinski definition) is 2. The number of hydrogen-bond acceptors (Lipinski definition) is 5. The largest absolute Gasteiger partial charge is 0.465 e. The maximum atomic E-state index is 12.3. The fraction of sp³-hybridized carbons (Fsp3) is 0.0556. The number of aromatic nitrogens is 1. The summed E-state index contributed by atoms with van der Waals surface area (Å²) in [6, 6.07) is 10.7. The minimum atomic E-state index is -0.787. The summed E-state index contributed by atoms with van der Waals surface area (Å²) in [6.45, 7) is 0. The Balaban J connectivity index is 1.95. The molecule has 0 unspecified atom stereocenters. The van der Waals surface area contributed by atoms with Gasteiger partial charge < -0.3 is 14.6 Å². The van der Waals surface area contributed by atoms with Crippen LogP contribution in [0.1, 0.15) is 10.4 Å².